The highest BCUT2D eigenvalue weighted by molar-refractivity contribution is 5.94. The number of nitrogens with zero attached hydrogens (tertiary/aromatic N) is 3. The topological polar surface area (TPSA) is 121 Å². The Morgan fingerprint density at radius 2 is 2.07 bits per heavy atom. The third kappa shape index (κ3) is 4.79. The predicted octanol–water partition coefficient (Wildman–Crippen LogP) is 2.22. The monoisotopic (exact) mass is 399 g/mol. The van der Waals surface area contributed by atoms with Gasteiger partial charge in [-0.3, -0.25) is 24.8 Å². The van der Waals surface area contributed by atoms with Crippen molar-refractivity contribution in [1.82, 2.24) is 20.4 Å². The van der Waals surface area contributed by atoms with E-state index in [9.17, 15) is 19.7 Å². The molecule has 1 aliphatic rings. The number of nitro groups is 1. The van der Waals surface area contributed by atoms with E-state index in [1.807, 2.05) is 0 Å². The van der Waals surface area contributed by atoms with Crippen LogP contribution in [0, 0.1) is 16.0 Å². The second kappa shape index (κ2) is 8.85. The molecular weight excluding hydrogens is 374 g/mol. The van der Waals surface area contributed by atoms with Crippen LogP contribution in [0.25, 0.3) is 0 Å². The van der Waals surface area contributed by atoms with Gasteiger partial charge in [-0.05, 0) is 11.5 Å². The fourth-order valence-electron chi connectivity index (χ4n) is 3.21. The SMILES string of the molecule is CCC(C)CNC(=O)c1n[nH]c2c1CN(C(=O)Cc1ccc([N+](=O)[O-])cc1)CC2. The van der Waals surface area contributed by atoms with Crippen molar-refractivity contribution in [2.75, 3.05) is 13.1 Å². The highest BCUT2D eigenvalue weighted by Crippen LogP contribution is 2.22. The van der Waals surface area contributed by atoms with Gasteiger partial charge in [0.25, 0.3) is 11.6 Å². The first-order valence-electron chi connectivity index (χ1n) is 9.74. The molecule has 0 saturated heterocycles. The molecule has 0 bridgehead atoms. The van der Waals surface area contributed by atoms with E-state index in [-0.39, 0.29) is 23.9 Å². The molecule has 1 atom stereocenters. The zero-order valence-corrected chi connectivity index (χ0v) is 16.6. The fraction of sp³-hybridized carbons (Fsp3) is 0.450. The highest BCUT2D eigenvalue weighted by Gasteiger charge is 2.27. The summed E-state index contributed by atoms with van der Waals surface area (Å²) in [5.41, 5.74) is 2.70. The van der Waals surface area contributed by atoms with Gasteiger partial charge in [-0.25, -0.2) is 0 Å². The van der Waals surface area contributed by atoms with E-state index in [2.05, 4.69) is 29.4 Å². The molecule has 1 aromatic heterocycles. The van der Waals surface area contributed by atoms with Crippen molar-refractivity contribution in [3.05, 3.63) is 56.9 Å². The number of carbonyl (C=O) groups is 2. The number of nitrogens with one attached hydrogen (secondary N) is 2. The second-order valence-electron chi connectivity index (χ2n) is 7.42. The summed E-state index contributed by atoms with van der Waals surface area (Å²) in [6, 6.07) is 5.98. The first kappa shape index (κ1) is 20.5. The van der Waals surface area contributed by atoms with Crippen LogP contribution in [0.15, 0.2) is 24.3 Å². The number of non-ortho nitro benzene ring substituents is 1. The Morgan fingerprint density at radius 1 is 1.34 bits per heavy atom. The van der Waals surface area contributed by atoms with Crippen molar-refractivity contribution >= 4 is 17.5 Å². The summed E-state index contributed by atoms with van der Waals surface area (Å²) in [7, 11) is 0. The Labute approximate surface area is 168 Å². The number of nitro benzene ring substituents is 1. The lowest BCUT2D eigenvalue weighted by Gasteiger charge is -2.27. The summed E-state index contributed by atoms with van der Waals surface area (Å²) in [6.07, 6.45) is 1.73. The number of hydrogen-bond acceptors (Lipinski definition) is 5. The van der Waals surface area contributed by atoms with Gasteiger partial charge in [0.1, 0.15) is 0 Å². The predicted molar refractivity (Wildman–Crippen MR) is 106 cm³/mol. The lowest BCUT2D eigenvalue weighted by Crippen LogP contribution is -2.38. The minimum Gasteiger partial charge on any atom is -0.350 e. The maximum Gasteiger partial charge on any atom is 0.272 e. The Hall–Kier alpha value is -3.23. The van der Waals surface area contributed by atoms with Crippen LogP contribution in [-0.4, -0.2) is 44.9 Å². The molecule has 0 spiro atoms. The summed E-state index contributed by atoms with van der Waals surface area (Å²) in [6.45, 7) is 5.58. The number of aromatic amines is 1. The molecule has 29 heavy (non-hydrogen) atoms. The molecule has 9 nitrogen and oxygen atoms in total. The van der Waals surface area contributed by atoms with Crippen LogP contribution in [-0.2, 0) is 24.2 Å². The molecular formula is C20H25N5O4. The van der Waals surface area contributed by atoms with Crippen molar-refractivity contribution in [3.8, 4) is 0 Å². The van der Waals surface area contributed by atoms with Gasteiger partial charge in [-0.15, -0.1) is 0 Å². The van der Waals surface area contributed by atoms with Crippen LogP contribution in [0.4, 0.5) is 5.69 Å². The minimum absolute atomic E-state index is 0.00439. The Kier molecular flexibility index (Phi) is 6.26. The molecule has 2 N–H and O–H groups in total. The van der Waals surface area contributed by atoms with E-state index in [1.54, 1.807) is 17.0 Å². The highest BCUT2D eigenvalue weighted by atomic mass is 16.6. The van der Waals surface area contributed by atoms with Crippen LogP contribution in [0.5, 0.6) is 0 Å². The van der Waals surface area contributed by atoms with Gasteiger partial charge in [0.05, 0.1) is 11.3 Å². The molecule has 3 rings (SSSR count). The molecule has 0 fully saturated rings. The molecule has 1 aliphatic heterocycles. The van der Waals surface area contributed by atoms with Gasteiger partial charge < -0.3 is 10.2 Å². The van der Waals surface area contributed by atoms with E-state index >= 15 is 0 Å². The summed E-state index contributed by atoms with van der Waals surface area (Å²) >= 11 is 0. The van der Waals surface area contributed by atoms with Gasteiger partial charge >= 0.3 is 0 Å². The largest absolute Gasteiger partial charge is 0.350 e. The van der Waals surface area contributed by atoms with Crippen molar-refractivity contribution in [2.24, 2.45) is 5.92 Å². The molecule has 2 aromatic rings. The summed E-state index contributed by atoms with van der Waals surface area (Å²) < 4.78 is 0. The van der Waals surface area contributed by atoms with Crippen molar-refractivity contribution in [3.63, 3.8) is 0 Å². The van der Waals surface area contributed by atoms with Gasteiger partial charge in [0, 0.05) is 49.4 Å². The molecule has 1 aromatic carbocycles. The van der Waals surface area contributed by atoms with Crippen molar-refractivity contribution in [1.29, 1.82) is 0 Å². The average Bonchev–Trinajstić information content (AvgIpc) is 3.15. The molecule has 0 saturated carbocycles. The van der Waals surface area contributed by atoms with Crippen molar-refractivity contribution < 1.29 is 14.5 Å². The zero-order valence-electron chi connectivity index (χ0n) is 16.6. The minimum atomic E-state index is -0.468. The normalized spacial score (nSPS) is 14.2. The van der Waals surface area contributed by atoms with Gasteiger partial charge in [-0.2, -0.15) is 5.10 Å². The lowest BCUT2D eigenvalue weighted by atomic mass is 10.0. The molecule has 0 radical (unpaired) electrons. The molecule has 9 heteroatoms. The Balaban J connectivity index is 1.65. The summed E-state index contributed by atoms with van der Waals surface area (Å²) in [5.74, 6) is 0.0672. The maximum atomic E-state index is 12.7. The van der Waals surface area contributed by atoms with E-state index in [1.165, 1.54) is 12.1 Å². The van der Waals surface area contributed by atoms with E-state index < -0.39 is 4.92 Å². The smallest absolute Gasteiger partial charge is 0.272 e. The maximum absolute atomic E-state index is 12.7. The number of benzene rings is 1. The number of aromatic nitrogens is 2. The van der Waals surface area contributed by atoms with Gasteiger partial charge in [0.2, 0.25) is 5.91 Å². The molecule has 0 aliphatic carbocycles. The zero-order chi connectivity index (χ0) is 21.0. The number of hydrogen-bond donors (Lipinski definition) is 2. The molecule has 2 amide bonds. The number of carbonyl (C=O) groups excluding carboxylic acids is 2. The van der Waals surface area contributed by atoms with Crippen LogP contribution in [0.2, 0.25) is 0 Å². The van der Waals surface area contributed by atoms with E-state index in [0.717, 1.165) is 17.7 Å². The standard InChI is InChI=1S/C20H25N5O4/c1-3-13(2)11-21-20(27)19-16-12-24(9-8-17(16)22-23-19)18(26)10-14-4-6-15(7-5-14)25(28)29/h4-7,13H,3,8-12H2,1-2H3,(H,21,27)(H,22,23). The fourth-order valence-corrected chi connectivity index (χ4v) is 3.21. The molecule has 154 valence electrons. The average molecular weight is 399 g/mol. The number of rotatable bonds is 7. The third-order valence-corrected chi connectivity index (χ3v) is 5.31. The van der Waals surface area contributed by atoms with Crippen LogP contribution < -0.4 is 5.32 Å². The van der Waals surface area contributed by atoms with Crippen LogP contribution in [0.1, 0.15) is 47.6 Å². The second-order valence-corrected chi connectivity index (χ2v) is 7.42. The first-order valence-corrected chi connectivity index (χ1v) is 9.74. The Morgan fingerprint density at radius 3 is 2.72 bits per heavy atom. The number of amides is 2. The molecule has 2 heterocycles. The number of H-pyrrole nitrogens is 1. The lowest BCUT2D eigenvalue weighted by molar-refractivity contribution is -0.384. The summed E-state index contributed by atoms with van der Waals surface area (Å²) in [5, 5.41) is 20.7. The number of fused-ring (bicyclic) bond motifs is 1. The van der Waals surface area contributed by atoms with Gasteiger partial charge in [0.15, 0.2) is 5.69 Å². The Bertz CT molecular complexity index is 906. The van der Waals surface area contributed by atoms with E-state index in [4.69, 9.17) is 0 Å². The third-order valence-electron chi connectivity index (χ3n) is 5.31. The summed E-state index contributed by atoms with van der Waals surface area (Å²) in [4.78, 5) is 37.2. The first-order chi connectivity index (χ1) is 13.9. The van der Waals surface area contributed by atoms with Crippen LogP contribution >= 0.6 is 0 Å². The van der Waals surface area contributed by atoms with Crippen molar-refractivity contribution in [2.45, 2.75) is 39.7 Å². The van der Waals surface area contributed by atoms with Crippen LogP contribution in [0.3, 0.4) is 0 Å². The quantitative estimate of drug-likeness (QED) is 0.546. The van der Waals surface area contributed by atoms with Gasteiger partial charge in [-0.1, -0.05) is 32.4 Å². The van der Waals surface area contributed by atoms with E-state index in [0.29, 0.717) is 43.2 Å². The molecule has 1 unspecified atom stereocenters.